The van der Waals surface area contributed by atoms with Crippen LogP contribution in [0.5, 0.6) is 5.88 Å². The van der Waals surface area contributed by atoms with Gasteiger partial charge in [0.2, 0.25) is 5.88 Å². The average molecular weight is 388 g/mol. The van der Waals surface area contributed by atoms with E-state index in [4.69, 9.17) is 4.74 Å². The van der Waals surface area contributed by atoms with Crippen LogP contribution in [0, 0.1) is 12.7 Å². The van der Waals surface area contributed by atoms with E-state index in [2.05, 4.69) is 19.9 Å². The summed E-state index contributed by atoms with van der Waals surface area (Å²) in [6.07, 6.45) is 5.24. The van der Waals surface area contributed by atoms with Crippen LogP contribution in [-0.4, -0.2) is 36.2 Å². The van der Waals surface area contributed by atoms with Gasteiger partial charge in [0.25, 0.3) is 0 Å². The van der Waals surface area contributed by atoms with Crippen molar-refractivity contribution in [3.63, 3.8) is 0 Å². The molecule has 0 bridgehead atoms. The van der Waals surface area contributed by atoms with Gasteiger partial charge in [0.1, 0.15) is 17.2 Å². The summed E-state index contributed by atoms with van der Waals surface area (Å²) < 4.78 is 22.7. The van der Waals surface area contributed by atoms with Crippen LogP contribution in [-0.2, 0) is 6.54 Å². The standard InChI is InChI=1S/C21H17FN6O/c1-13-25-20-18(28(13)12-14-4-3-5-15(22)8-14)9-16(10-24-20)27-7-6-17-21(27)26-19(29-2)11-23-17/h3-11H,12H2,1-2H3. The molecule has 0 unspecified atom stereocenters. The molecule has 0 atom stereocenters. The van der Waals surface area contributed by atoms with Crippen molar-refractivity contribution in [3.8, 4) is 11.6 Å². The predicted molar refractivity (Wildman–Crippen MR) is 107 cm³/mol. The van der Waals surface area contributed by atoms with Crippen molar-refractivity contribution < 1.29 is 9.13 Å². The first-order valence-corrected chi connectivity index (χ1v) is 9.08. The van der Waals surface area contributed by atoms with Gasteiger partial charge in [-0.25, -0.2) is 19.3 Å². The van der Waals surface area contributed by atoms with Gasteiger partial charge in [0.05, 0.1) is 30.7 Å². The predicted octanol–water partition coefficient (Wildman–Crippen LogP) is 3.67. The van der Waals surface area contributed by atoms with E-state index in [1.807, 2.05) is 40.5 Å². The highest BCUT2D eigenvalue weighted by atomic mass is 19.1. The smallest absolute Gasteiger partial charge is 0.234 e. The molecule has 4 aromatic heterocycles. The lowest BCUT2D eigenvalue weighted by Gasteiger charge is -2.09. The minimum Gasteiger partial charge on any atom is -0.480 e. The molecule has 0 amide bonds. The quantitative estimate of drug-likeness (QED) is 0.470. The van der Waals surface area contributed by atoms with E-state index < -0.39 is 0 Å². The molecule has 0 fully saturated rings. The number of imidazole rings is 1. The minimum atomic E-state index is -0.255. The Morgan fingerprint density at radius 3 is 2.79 bits per heavy atom. The Hall–Kier alpha value is -3.81. The molecule has 8 heteroatoms. The number of aryl methyl sites for hydroxylation is 1. The van der Waals surface area contributed by atoms with Gasteiger partial charge in [-0.1, -0.05) is 12.1 Å². The molecule has 0 N–H and O–H groups in total. The molecule has 7 nitrogen and oxygen atoms in total. The van der Waals surface area contributed by atoms with Crippen LogP contribution < -0.4 is 4.74 Å². The number of methoxy groups -OCH3 is 1. The topological polar surface area (TPSA) is 70.7 Å². The van der Waals surface area contributed by atoms with Crippen molar-refractivity contribution >= 4 is 22.3 Å². The summed E-state index contributed by atoms with van der Waals surface area (Å²) in [5.74, 6) is 1.00. The number of benzene rings is 1. The fourth-order valence-corrected chi connectivity index (χ4v) is 3.45. The van der Waals surface area contributed by atoms with Crippen molar-refractivity contribution in [1.29, 1.82) is 0 Å². The summed E-state index contributed by atoms with van der Waals surface area (Å²) in [5, 5.41) is 0. The number of halogens is 1. The maximum absolute atomic E-state index is 13.6. The second kappa shape index (κ2) is 6.66. The van der Waals surface area contributed by atoms with Crippen LogP contribution in [0.4, 0.5) is 4.39 Å². The highest BCUT2D eigenvalue weighted by Gasteiger charge is 2.13. The SMILES string of the molecule is COc1cnc2ccn(-c3cnc4nc(C)n(Cc5cccc(F)c5)c4c3)c2n1. The zero-order valence-electron chi connectivity index (χ0n) is 15.9. The molecule has 144 valence electrons. The number of fused-ring (bicyclic) bond motifs is 2. The lowest BCUT2D eigenvalue weighted by molar-refractivity contribution is 0.397. The van der Waals surface area contributed by atoms with Crippen molar-refractivity contribution in [2.75, 3.05) is 7.11 Å². The Morgan fingerprint density at radius 1 is 1.07 bits per heavy atom. The van der Waals surface area contributed by atoms with Gasteiger partial charge in [-0.05, 0) is 36.8 Å². The molecule has 0 spiro atoms. The maximum Gasteiger partial charge on any atom is 0.234 e. The molecule has 0 saturated heterocycles. The molecule has 0 saturated carbocycles. The highest BCUT2D eigenvalue weighted by Crippen LogP contribution is 2.23. The van der Waals surface area contributed by atoms with E-state index in [1.54, 1.807) is 25.6 Å². The molecule has 0 aliphatic carbocycles. The number of pyridine rings is 1. The summed E-state index contributed by atoms with van der Waals surface area (Å²) in [6.45, 7) is 2.42. The lowest BCUT2D eigenvalue weighted by Crippen LogP contribution is -2.03. The van der Waals surface area contributed by atoms with Crippen molar-refractivity contribution in [3.05, 3.63) is 72.2 Å². The van der Waals surface area contributed by atoms with Gasteiger partial charge < -0.3 is 9.30 Å². The lowest BCUT2D eigenvalue weighted by atomic mass is 10.2. The zero-order valence-corrected chi connectivity index (χ0v) is 15.9. The number of aromatic nitrogens is 6. The summed E-state index contributed by atoms with van der Waals surface area (Å²) in [7, 11) is 1.56. The van der Waals surface area contributed by atoms with Crippen LogP contribution in [0.2, 0.25) is 0 Å². The largest absolute Gasteiger partial charge is 0.480 e. The van der Waals surface area contributed by atoms with Crippen LogP contribution in [0.15, 0.2) is 55.0 Å². The summed E-state index contributed by atoms with van der Waals surface area (Å²) in [6, 6.07) is 10.5. The third-order valence-corrected chi connectivity index (χ3v) is 4.87. The number of ether oxygens (including phenoxy) is 1. The van der Waals surface area contributed by atoms with Gasteiger partial charge in [-0.15, -0.1) is 0 Å². The third kappa shape index (κ3) is 2.98. The van der Waals surface area contributed by atoms with Crippen LogP contribution in [0.3, 0.4) is 0 Å². The molecule has 0 aliphatic rings. The van der Waals surface area contributed by atoms with E-state index in [0.717, 1.165) is 28.1 Å². The fraction of sp³-hybridized carbons (Fsp3) is 0.143. The fourth-order valence-electron chi connectivity index (χ4n) is 3.45. The average Bonchev–Trinajstić information content (AvgIpc) is 3.28. The minimum absolute atomic E-state index is 0.255. The second-order valence-electron chi connectivity index (χ2n) is 6.72. The van der Waals surface area contributed by atoms with Crippen LogP contribution in [0.1, 0.15) is 11.4 Å². The van der Waals surface area contributed by atoms with Crippen LogP contribution >= 0.6 is 0 Å². The number of hydrogen-bond acceptors (Lipinski definition) is 5. The Labute approximate surface area is 165 Å². The number of rotatable bonds is 4. The van der Waals surface area contributed by atoms with Gasteiger partial charge in [-0.3, -0.25) is 4.57 Å². The van der Waals surface area contributed by atoms with E-state index in [9.17, 15) is 4.39 Å². The molecule has 5 rings (SSSR count). The first-order valence-electron chi connectivity index (χ1n) is 9.08. The molecular formula is C21H17FN6O. The van der Waals surface area contributed by atoms with Gasteiger partial charge in [0, 0.05) is 12.7 Å². The summed E-state index contributed by atoms with van der Waals surface area (Å²) in [4.78, 5) is 17.9. The highest BCUT2D eigenvalue weighted by molar-refractivity contribution is 5.78. The molecule has 1 aromatic carbocycles. The Bertz CT molecular complexity index is 1360. The second-order valence-corrected chi connectivity index (χ2v) is 6.72. The molecular weight excluding hydrogens is 371 g/mol. The summed E-state index contributed by atoms with van der Waals surface area (Å²) in [5.41, 5.74) is 4.63. The third-order valence-electron chi connectivity index (χ3n) is 4.87. The van der Waals surface area contributed by atoms with E-state index in [1.165, 1.54) is 12.1 Å². The summed E-state index contributed by atoms with van der Waals surface area (Å²) >= 11 is 0. The van der Waals surface area contributed by atoms with E-state index in [0.29, 0.717) is 23.7 Å². The number of hydrogen-bond donors (Lipinski definition) is 0. The van der Waals surface area contributed by atoms with E-state index in [-0.39, 0.29) is 5.82 Å². The van der Waals surface area contributed by atoms with Crippen molar-refractivity contribution in [1.82, 2.24) is 29.1 Å². The molecule has 5 aromatic rings. The molecule has 0 aliphatic heterocycles. The Kier molecular flexibility index (Phi) is 3.97. The molecule has 0 radical (unpaired) electrons. The van der Waals surface area contributed by atoms with E-state index >= 15 is 0 Å². The Morgan fingerprint density at radius 2 is 1.97 bits per heavy atom. The van der Waals surface area contributed by atoms with Gasteiger partial charge in [0.15, 0.2) is 11.3 Å². The zero-order chi connectivity index (χ0) is 20.0. The van der Waals surface area contributed by atoms with Crippen molar-refractivity contribution in [2.45, 2.75) is 13.5 Å². The van der Waals surface area contributed by atoms with Gasteiger partial charge >= 0.3 is 0 Å². The van der Waals surface area contributed by atoms with Crippen molar-refractivity contribution in [2.24, 2.45) is 0 Å². The molecule has 4 heterocycles. The first kappa shape index (κ1) is 17.3. The van der Waals surface area contributed by atoms with Crippen LogP contribution in [0.25, 0.3) is 28.0 Å². The maximum atomic E-state index is 13.6. The molecule has 29 heavy (non-hydrogen) atoms. The Balaban J connectivity index is 1.64. The van der Waals surface area contributed by atoms with Gasteiger partial charge in [-0.2, -0.15) is 4.98 Å². The monoisotopic (exact) mass is 388 g/mol. The first-order chi connectivity index (χ1) is 14.1. The number of nitrogens with zero attached hydrogens (tertiary/aromatic N) is 6. The normalized spacial score (nSPS) is 11.4.